The average molecular weight is 551 g/mol. The highest BCUT2D eigenvalue weighted by Crippen LogP contribution is 2.36. The Morgan fingerprint density at radius 1 is 1.00 bits per heavy atom. The molecule has 5 rings (SSSR count). The normalized spacial score (nSPS) is 15.3. The minimum Gasteiger partial charge on any atom is -0.496 e. The molecule has 0 N–H and O–H groups in total. The van der Waals surface area contributed by atoms with Crippen molar-refractivity contribution in [1.29, 1.82) is 0 Å². The van der Waals surface area contributed by atoms with E-state index in [9.17, 15) is 9.18 Å². The van der Waals surface area contributed by atoms with Gasteiger partial charge in [0.05, 0.1) is 24.4 Å². The number of anilines is 1. The molecule has 8 heteroatoms. The summed E-state index contributed by atoms with van der Waals surface area (Å²) in [7, 11) is 3.46. The van der Waals surface area contributed by atoms with Crippen LogP contribution in [0.4, 0.5) is 10.1 Å². The van der Waals surface area contributed by atoms with E-state index in [1.165, 1.54) is 12.1 Å². The SMILES string of the molecule is COc1ccccc1C(c1ccc(F)cc1)N1CCN(c2c(C)c(=O)n(C)c3ccc(Br)nc23)CC1. The number of pyridine rings is 2. The van der Waals surface area contributed by atoms with Gasteiger partial charge >= 0.3 is 0 Å². The molecule has 0 bridgehead atoms. The van der Waals surface area contributed by atoms with E-state index in [2.05, 4.69) is 31.8 Å². The molecular formula is C28H28BrFN4O2. The number of hydrogen-bond donors (Lipinski definition) is 0. The molecule has 0 spiro atoms. The summed E-state index contributed by atoms with van der Waals surface area (Å²) >= 11 is 3.49. The quantitative estimate of drug-likeness (QED) is 0.325. The maximum absolute atomic E-state index is 13.8. The Bertz CT molecular complexity index is 1460. The van der Waals surface area contributed by atoms with Crippen molar-refractivity contribution in [2.75, 3.05) is 38.2 Å². The molecule has 2 aromatic carbocycles. The van der Waals surface area contributed by atoms with Crippen molar-refractivity contribution in [2.24, 2.45) is 7.05 Å². The van der Waals surface area contributed by atoms with Crippen LogP contribution in [0.3, 0.4) is 0 Å². The number of rotatable bonds is 5. The number of halogens is 2. The average Bonchev–Trinajstić information content (AvgIpc) is 2.90. The monoisotopic (exact) mass is 550 g/mol. The van der Waals surface area contributed by atoms with Gasteiger partial charge in [-0.3, -0.25) is 9.69 Å². The van der Waals surface area contributed by atoms with Gasteiger partial charge in [0.2, 0.25) is 0 Å². The van der Waals surface area contributed by atoms with Gasteiger partial charge in [0.25, 0.3) is 5.56 Å². The molecule has 0 amide bonds. The Hall–Kier alpha value is -3.23. The largest absolute Gasteiger partial charge is 0.496 e. The lowest BCUT2D eigenvalue weighted by molar-refractivity contribution is 0.209. The number of fused-ring (bicyclic) bond motifs is 1. The zero-order valence-corrected chi connectivity index (χ0v) is 22.1. The standard InChI is InChI=1S/C28H28BrFN4O2/c1-18-26(25-22(32(2)28(18)35)12-13-24(29)31-25)33-14-16-34(17-15-33)27(19-8-10-20(30)11-9-19)21-6-4-5-7-23(21)36-3/h4-13,27H,14-17H2,1-3H3. The number of piperazine rings is 1. The van der Waals surface area contributed by atoms with Gasteiger partial charge in [0, 0.05) is 44.4 Å². The van der Waals surface area contributed by atoms with Crippen LogP contribution in [0.15, 0.2) is 70.1 Å². The van der Waals surface area contributed by atoms with Crippen LogP contribution in [0.1, 0.15) is 22.7 Å². The van der Waals surface area contributed by atoms with Crippen molar-refractivity contribution in [2.45, 2.75) is 13.0 Å². The lowest BCUT2D eigenvalue weighted by Crippen LogP contribution is -2.48. The number of nitrogens with zero attached hydrogens (tertiary/aromatic N) is 4. The van der Waals surface area contributed by atoms with Gasteiger partial charge in [0.15, 0.2) is 0 Å². The van der Waals surface area contributed by atoms with Crippen molar-refractivity contribution in [1.82, 2.24) is 14.5 Å². The lowest BCUT2D eigenvalue weighted by Gasteiger charge is -2.41. The van der Waals surface area contributed by atoms with Gasteiger partial charge in [-0.1, -0.05) is 30.3 Å². The second-order valence-corrected chi connectivity index (χ2v) is 9.87. The van der Waals surface area contributed by atoms with Crippen LogP contribution < -0.4 is 15.2 Å². The van der Waals surface area contributed by atoms with E-state index in [1.807, 2.05) is 49.4 Å². The summed E-state index contributed by atoms with van der Waals surface area (Å²) in [5.74, 6) is 0.547. The predicted octanol–water partition coefficient (Wildman–Crippen LogP) is 5.06. The highest BCUT2D eigenvalue weighted by molar-refractivity contribution is 9.10. The molecule has 1 atom stereocenters. The molecule has 1 aliphatic rings. The second-order valence-electron chi connectivity index (χ2n) is 9.06. The maximum Gasteiger partial charge on any atom is 0.255 e. The molecule has 2 aromatic heterocycles. The van der Waals surface area contributed by atoms with Crippen LogP contribution in [-0.2, 0) is 7.05 Å². The maximum atomic E-state index is 13.8. The Labute approximate surface area is 218 Å². The van der Waals surface area contributed by atoms with Crippen LogP contribution in [0.2, 0.25) is 0 Å². The molecule has 3 heterocycles. The zero-order chi connectivity index (χ0) is 25.4. The molecule has 36 heavy (non-hydrogen) atoms. The number of aromatic nitrogens is 2. The predicted molar refractivity (Wildman–Crippen MR) is 144 cm³/mol. The third-order valence-corrected chi connectivity index (χ3v) is 7.46. The van der Waals surface area contributed by atoms with E-state index in [0.717, 1.165) is 64.4 Å². The summed E-state index contributed by atoms with van der Waals surface area (Å²) in [6.07, 6.45) is 0. The number of benzene rings is 2. The van der Waals surface area contributed by atoms with Crippen molar-refractivity contribution in [3.63, 3.8) is 0 Å². The van der Waals surface area contributed by atoms with Gasteiger partial charge < -0.3 is 14.2 Å². The molecule has 0 saturated carbocycles. The minimum atomic E-state index is -0.256. The summed E-state index contributed by atoms with van der Waals surface area (Å²) in [6, 6.07) is 18.4. The number of aryl methyl sites for hydroxylation is 1. The number of methoxy groups -OCH3 is 1. The van der Waals surface area contributed by atoms with Crippen molar-refractivity contribution in [3.8, 4) is 5.75 Å². The summed E-state index contributed by atoms with van der Waals surface area (Å²) in [5, 5.41) is 0. The van der Waals surface area contributed by atoms with Crippen LogP contribution in [0.5, 0.6) is 5.75 Å². The van der Waals surface area contributed by atoms with Gasteiger partial charge in [-0.25, -0.2) is 9.37 Å². The summed E-state index contributed by atoms with van der Waals surface area (Å²) in [4.78, 5) is 22.4. The molecule has 4 aromatic rings. The molecular weight excluding hydrogens is 523 g/mol. The van der Waals surface area contributed by atoms with Crippen molar-refractivity contribution >= 4 is 32.7 Å². The van der Waals surface area contributed by atoms with Crippen LogP contribution >= 0.6 is 15.9 Å². The van der Waals surface area contributed by atoms with Gasteiger partial charge in [-0.15, -0.1) is 0 Å². The molecule has 1 saturated heterocycles. The minimum absolute atomic E-state index is 0.0118. The summed E-state index contributed by atoms with van der Waals surface area (Å²) < 4.78 is 21.8. The van der Waals surface area contributed by atoms with Crippen LogP contribution in [-0.4, -0.2) is 47.7 Å². The first-order valence-corrected chi connectivity index (χ1v) is 12.7. The molecule has 1 fully saturated rings. The van der Waals surface area contributed by atoms with Gasteiger partial charge in [-0.05, 0) is 58.7 Å². The van der Waals surface area contributed by atoms with E-state index in [0.29, 0.717) is 5.56 Å². The number of ether oxygens (including phenoxy) is 1. The molecule has 0 radical (unpaired) electrons. The fourth-order valence-electron chi connectivity index (χ4n) is 5.23. The molecule has 6 nitrogen and oxygen atoms in total. The summed E-state index contributed by atoms with van der Waals surface area (Å²) in [6.45, 7) is 4.84. The fraction of sp³-hybridized carbons (Fsp3) is 0.286. The lowest BCUT2D eigenvalue weighted by atomic mass is 9.95. The molecule has 186 valence electrons. The van der Waals surface area contributed by atoms with E-state index in [1.54, 1.807) is 18.7 Å². The second kappa shape index (κ2) is 10.0. The van der Waals surface area contributed by atoms with Gasteiger partial charge in [-0.2, -0.15) is 0 Å². The van der Waals surface area contributed by atoms with Crippen molar-refractivity contribution in [3.05, 3.63) is 98.1 Å². The van der Waals surface area contributed by atoms with E-state index in [-0.39, 0.29) is 17.4 Å². The van der Waals surface area contributed by atoms with E-state index < -0.39 is 0 Å². The van der Waals surface area contributed by atoms with E-state index >= 15 is 0 Å². The third kappa shape index (κ3) is 4.40. The number of hydrogen-bond acceptors (Lipinski definition) is 5. The first-order chi connectivity index (χ1) is 17.4. The summed E-state index contributed by atoms with van der Waals surface area (Å²) in [5.41, 5.74) is 5.26. The Morgan fingerprint density at radius 2 is 1.69 bits per heavy atom. The van der Waals surface area contributed by atoms with Gasteiger partial charge in [0.1, 0.15) is 21.7 Å². The molecule has 0 aliphatic carbocycles. The first-order valence-electron chi connectivity index (χ1n) is 11.9. The Balaban J connectivity index is 1.51. The van der Waals surface area contributed by atoms with Crippen LogP contribution in [0.25, 0.3) is 11.0 Å². The topological polar surface area (TPSA) is 50.6 Å². The highest BCUT2D eigenvalue weighted by Gasteiger charge is 2.30. The number of para-hydroxylation sites is 1. The Kier molecular flexibility index (Phi) is 6.81. The van der Waals surface area contributed by atoms with E-state index in [4.69, 9.17) is 9.72 Å². The van der Waals surface area contributed by atoms with Crippen molar-refractivity contribution < 1.29 is 9.13 Å². The fourth-order valence-corrected chi connectivity index (χ4v) is 5.54. The molecule has 1 aliphatic heterocycles. The highest BCUT2D eigenvalue weighted by atomic mass is 79.9. The third-order valence-electron chi connectivity index (χ3n) is 7.02. The molecule has 1 unspecified atom stereocenters. The Morgan fingerprint density at radius 3 is 2.39 bits per heavy atom. The first kappa shape index (κ1) is 24.5. The zero-order valence-electron chi connectivity index (χ0n) is 20.5. The smallest absolute Gasteiger partial charge is 0.255 e. The van der Waals surface area contributed by atoms with Crippen LogP contribution in [0, 0.1) is 12.7 Å².